The van der Waals surface area contributed by atoms with E-state index >= 15 is 0 Å². The van der Waals surface area contributed by atoms with Crippen LogP contribution in [0, 0.1) is 0 Å². The van der Waals surface area contributed by atoms with Crippen LogP contribution in [0.4, 0.5) is 22.0 Å². The highest BCUT2D eigenvalue weighted by Gasteiger charge is 2.35. The van der Waals surface area contributed by atoms with Crippen LogP contribution < -0.4 is 5.73 Å². The van der Waals surface area contributed by atoms with Crippen LogP contribution in [0.2, 0.25) is 5.02 Å². The summed E-state index contributed by atoms with van der Waals surface area (Å²) in [4.78, 5) is 2.84. The molecule has 1 rings (SSSR count). The van der Waals surface area contributed by atoms with Gasteiger partial charge in [0.05, 0.1) is 0 Å². The van der Waals surface area contributed by atoms with Crippen molar-refractivity contribution >= 4 is 11.6 Å². The van der Waals surface area contributed by atoms with E-state index in [1.807, 2.05) is 0 Å². The molecule has 1 heterocycles. The average Bonchev–Trinajstić information content (AvgIpc) is 2.14. The maximum Gasteiger partial charge on any atom is 0.433 e. The molecule has 0 aromatic carbocycles. The highest BCUT2D eigenvalue weighted by molar-refractivity contribution is 6.31. The van der Waals surface area contributed by atoms with Crippen molar-refractivity contribution in [2.75, 3.05) is 0 Å². The summed E-state index contributed by atoms with van der Waals surface area (Å²) in [5.74, 6) is 0. The minimum Gasteiger partial charge on any atom is -0.326 e. The Morgan fingerprint density at radius 3 is 2.31 bits per heavy atom. The molecule has 1 aromatic heterocycles. The smallest absolute Gasteiger partial charge is 0.326 e. The molecule has 0 fully saturated rings. The van der Waals surface area contributed by atoms with E-state index in [0.29, 0.717) is 6.07 Å². The molecule has 1 aromatic rings. The zero-order valence-corrected chi connectivity index (χ0v) is 8.41. The summed E-state index contributed by atoms with van der Waals surface area (Å²) in [6, 6.07) is 0.482. The molecule has 0 unspecified atom stereocenters. The molecule has 0 radical (unpaired) electrons. The lowest BCUT2D eigenvalue weighted by molar-refractivity contribution is -0.141. The van der Waals surface area contributed by atoms with Crippen molar-refractivity contribution in [1.82, 2.24) is 4.98 Å². The van der Waals surface area contributed by atoms with Crippen LogP contribution in [0.5, 0.6) is 0 Å². The number of hydrogen-bond acceptors (Lipinski definition) is 2. The number of nitrogens with two attached hydrogens (primary N) is 1. The van der Waals surface area contributed by atoms with Gasteiger partial charge >= 0.3 is 6.18 Å². The molecular formula is C8H6ClF5N2. The molecule has 0 aliphatic heterocycles. The fourth-order valence-electron chi connectivity index (χ4n) is 1.09. The van der Waals surface area contributed by atoms with Crippen LogP contribution in [-0.2, 0) is 12.7 Å². The number of pyridine rings is 1. The predicted octanol–water partition coefficient (Wildman–Crippen LogP) is 3.15. The van der Waals surface area contributed by atoms with E-state index in [9.17, 15) is 22.0 Å². The van der Waals surface area contributed by atoms with Crippen LogP contribution in [0.25, 0.3) is 0 Å². The van der Waals surface area contributed by atoms with E-state index in [0.717, 1.165) is 0 Å². The molecule has 0 saturated heterocycles. The summed E-state index contributed by atoms with van der Waals surface area (Å²) in [5.41, 5.74) is 2.36. The fourth-order valence-corrected chi connectivity index (χ4v) is 1.36. The van der Waals surface area contributed by atoms with Gasteiger partial charge in [-0.25, -0.2) is 13.8 Å². The molecule has 0 aliphatic carbocycles. The number of alkyl halides is 5. The standard InChI is InChI=1S/C8H6ClF5N2/c9-4-1-5(8(12,13)14)16-6(7(10)11)3(4)2-15/h1,7H,2,15H2. The van der Waals surface area contributed by atoms with Gasteiger partial charge < -0.3 is 5.73 Å². The minimum absolute atomic E-state index is 0.273. The Labute approximate surface area is 92.2 Å². The molecule has 0 saturated carbocycles. The lowest BCUT2D eigenvalue weighted by Gasteiger charge is -2.12. The van der Waals surface area contributed by atoms with E-state index in [2.05, 4.69) is 4.98 Å². The predicted molar refractivity (Wildman–Crippen MR) is 47.1 cm³/mol. The van der Waals surface area contributed by atoms with Crippen molar-refractivity contribution in [3.63, 3.8) is 0 Å². The molecule has 90 valence electrons. The molecule has 16 heavy (non-hydrogen) atoms. The second-order valence-electron chi connectivity index (χ2n) is 2.86. The summed E-state index contributed by atoms with van der Waals surface area (Å²) in [5, 5.41) is -0.458. The topological polar surface area (TPSA) is 38.9 Å². The second-order valence-corrected chi connectivity index (χ2v) is 3.26. The quantitative estimate of drug-likeness (QED) is 0.830. The third kappa shape index (κ3) is 2.59. The summed E-state index contributed by atoms with van der Waals surface area (Å²) in [6.45, 7) is -0.399. The van der Waals surface area contributed by atoms with E-state index in [-0.39, 0.29) is 5.56 Å². The van der Waals surface area contributed by atoms with Crippen molar-refractivity contribution in [3.05, 3.63) is 28.0 Å². The first kappa shape index (κ1) is 13.1. The van der Waals surface area contributed by atoms with Gasteiger partial charge in [0.2, 0.25) is 0 Å². The monoisotopic (exact) mass is 260 g/mol. The van der Waals surface area contributed by atoms with Crippen molar-refractivity contribution in [2.45, 2.75) is 19.1 Å². The van der Waals surface area contributed by atoms with Crippen LogP contribution in [0.1, 0.15) is 23.4 Å². The van der Waals surface area contributed by atoms with Gasteiger partial charge in [0.1, 0.15) is 11.4 Å². The van der Waals surface area contributed by atoms with Gasteiger partial charge in [-0.1, -0.05) is 11.6 Å². The third-order valence-electron chi connectivity index (χ3n) is 1.80. The Bertz CT molecular complexity index is 391. The SMILES string of the molecule is NCc1c(Cl)cc(C(F)(F)F)nc1C(F)F. The Kier molecular flexibility index (Phi) is 3.69. The van der Waals surface area contributed by atoms with Gasteiger partial charge in [-0.3, -0.25) is 0 Å². The Balaban J connectivity index is 3.40. The van der Waals surface area contributed by atoms with E-state index in [1.165, 1.54) is 0 Å². The summed E-state index contributed by atoms with van der Waals surface area (Å²) < 4.78 is 61.6. The number of rotatable bonds is 2. The highest BCUT2D eigenvalue weighted by atomic mass is 35.5. The molecule has 0 bridgehead atoms. The Morgan fingerprint density at radius 1 is 1.38 bits per heavy atom. The zero-order valence-electron chi connectivity index (χ0n) is 7.65. The van der Waals surface area contributed by atoms with Gasteiger partial charge in [-0.15, -0.1) is 0 Å². The van der Waals surface area contributed by atoms with Crippen LogP contribution >= 0.6 is 11.6 Å². The summed E-state index contributed by atoms with van der Waals surface area (Å²) in [7, 11) is 0. The fraction of sp³-hybridized carbons (Fsp3) is 0.375. The minimum atomic E-state index is -4.82. The summed E-state index contributed by atoms with van der Waals surface area (Å²) in [6.07, 6.45) is -7.97. The lowest BCUT2D eigenvalue weighted by atomic mass is 10.1. The molecule has 8 heteroatoms. The molecule has 0 spiro atoms. The van der Waals surface area contributed by atoms with Gasteiger partial charge in [-0.05, 0) is 6.07 Å². The lowest BCUT2D eigenvalue weighted by Crippen LogP contribution is -2.13. The van der Waals surface area contributed by atoms with Crippen LogP contribution in [0.3, 0.4) is 0 Å². The van der Waals surface area contributed by atoms with E-state index in [4.69, 9.17) is 17.3 Å². The molecule has 0 aliphatic rings. The highest BCUT2D eigenvalue weighted by Crippen LogP contribution is 2.34. The number of halogens is 6. The van der Waals surface area contributed by atoms with Crippen molar-refractivity contribution in [1.29, 1.82) is 0 Å². The molecular weight excluding hydrogens is 255 g/mol. The van der Waals surface area contributed by atoms with Crippen molar-refractivity contribution in [3.8, 4) is 0 Å². The zero-order chi connectivity index (χ0) is 12.5. The molecule has 2 N–H and O–H groups in total. The van der Waals surface area contributed by atoms with Crippen LogP contribution in [-0.4, -0.2) is 4.98 Å². The first-order valence-electron chi connectivity index (χ1n) is 4.02. The van der Waals surface area contributed by atoms with Gasteiger partial charge in [0.15, 0.2) is 0 Å². The largest absolute Gasteiger partial charge is 0.433 e. The number of hydrogen-bond donors (Lipinski definition) is 1. The van der Waals surface area contributed by atoms with E-state index < -0.39 is 35.6 Å². The average molecular weight is 261 g/mol. The van der Waals surface area contributed by atoms with Gasteiger partial charge in [0, 0.05) is 17.1 Å². The van der Waals surface area contributed by atoms with Crippen molar-refractivity contribution < 1.29 is 22.0 Å². The second kappa shape index (κ2) is 4.50. The van der Waals surface area contributed by atoms with Crippen LogP contribution in [0.15, 0.2) is 6.07 Å². The molecule has 0 atom stereocenters. The van der Waals surface area contributed by atoms with Gasteiger partial charge in [0.25, 0.3) is 6.43 Å². The van der Waals surface area contributed by atoms with Gasteiger partial charge in [-0.2, -0.15) is 13.2 Å². The third-order valence-corrected chi connectivity index (χ3v) is 2.14. The van der Waals surface area contributed by atoms with Crippen molar-refractivity contribution in [2.24, 2.45) is 5.73 Å². The normalized spacial score (nSPS) is 12.2. The number of aromatic nitrogens is 1. The molecule has 0 amide bonds. The van der Waals surface area contributed by atoms with E-state index in [1.54, 1.807) is 0 Å². The Hall–Kier alpha value is -0.950. The first-order valence-corrected chi connectivity index (χ1v) is 4.40. The Morgan fingerprint density at radius 2 is 1.94 bits per heavy atom. The maximum atomic E-state index is 12.4. The number of nitrogens with zero attached hydrogens (tertiary/aromatic N) is 1. The molecule has 2 nitrogen and oxygen atoms in total. The maximum absolute atomic E-state index is 12.4. The summed E-state index contributed by atoms with van der Waals surface area (Å²) >= 11 is 5.43. The first-order chi connectivity index (χ1) is 7.27.